The fourth-order valence-corrected chi connectivity index (χ4v) is 5.71. The Morgan fingerprint density at radius 3 is 2.76 bits per heavy atom. The second-order valence-corrected chi connectivity index (χ2v) is 9.94. The highest BCUT2D eigenvalue weighted by Gasteiger charge is 2.27. The Morgan fingerprint density at radius 1 is 1.28 bits per heavy atom. The van der Waals surface area contributed by atoms with Gasteiger partial charge in [-0.25, -0.2) is 13.4 Å². The van der Waals surface area contributed by atoms with Gasteiger partial charge in [-0.05, 0) is 49.7 Å². The molecular weight excluding hydrogens is 406 g/mol. The van der Waals surface area contributed by atoms with E-state index in [1.54, 1.807) is 35.8 Å². The number of benzene rings is 2. The van der Waals surface area contributed by atoms with Crippen molar-refractivity contribution < 1.29 is 13.2 Å². The van der Waals surface area contributed by atoms with Gasteiger partial charge in [0.25, 0.3) is 0 Å². The number of nitriles is 1. The van der Waals surface area contributed by atoms with E-state index in [0.717, 1.165) is 16.9 Å². The summed E-state index contributed by atoms with van der Waals surface area (Å²) in [4.78, 5) is 6.41. The average Bonchev–Trinajstić information content (AvgIpc) is 3.19. The minimum Gasteiger partial charge on any atom is -0.487 e. The minimum atomic E-state index is -3.52. The Kier molecular flexibility index (Phi) is 5.03. The molecule has 2 heterocycles. The van der Waals surface area contributed by atoms with Crippen molar-refractivity contribution in [2.75, 3.05) is 11.4 Å². The average molecular weight is 426 g/mol. The number of fused-ring (bicyclic) bond motifs is 1. The summed E-state index contributed by atoms with van der Waals surface area (Å²) in [5.74, 6) is 0.407. The zero-order chi connectivity index (χ0) is 20.6. The first-order valence-corrected chi connectivity index (χ1v) is 11.6. The van der Waals surface area contributed by atoms with Gasteiger partial charge in [0.1, 0.15) is 22.6 Å². The van der Waals surface area contributed by atoms with Crippen molar-refractivity contribution in [3.63, 3.8) is 0 Å². The van der Waals surface area contributed by atoms with Crippen molar-refractivity contribution in [3.05, 3.63) is 64.1 Å². The third-order valence-corrected chi connectivity index (χ3v) is 7.35. The van der Waals surface area contributed by atoms with E-state index in [9.17, 15) is 8.42 Å². The monoisotopic (exact) mass is 425 g/mol. The van der Waals surface area contributed by atoms with Crippen molar-refractivity contribution in [2.45, 2.75) is 30.6 Å². The van der Waals surface area contributed by atoms with E-state index in [1.807, 2.05) is 26.0 Å². The largest absolute Gasteiger partial charge is 0.487 e. The molecule has 0 bridgehead atoms. The van der Waals surface area contributed by atoms with Gasteiger partial charge in [-0.2, -0.15) is 5.26 Å². The molecule has 0 spiro atoms. The van der Waals surface area contributed by atoms with Crippen LogP contribution in [0.5, 0.6) is 5.75 Å². The predicted molar refractivity (Wildman–Crippen MR) is 112 cm³/mol. The molecule has 4 rings (SSSR count). The first-order valence-electron chi connectivity index (χ1n) is 9.07. The minimum absolute atomic E-state index is 0.116. The topological polar surface area (TPSA) is 83.3 Å². The van der Waals surface area contributed by atoms with Crippen LogP contribution in [0.1, 0.15) is 23.1 Å². The maximum Gasteiger partial charge on any atom is 0.185 e. The van der Waals surface area contributed by atoms with E-state index >= 15 is 0 Å². The summed E-state index contributed by atoms with van der Waals surface area (Å²) in [5, 5.41) is 11.4. The molecule has 0 fully saturated rings. The van der Waals surface area contributed by atoms with E-state index < -0.39 is 9.84 Å². The van der Waals surface area contributed by atoms with E-state index in [0.29, 0.717) is 22.9 Å². The quantitative estimate of drug-likeness (QED) is 0.622. The van der Waals surface area contributed by atoms with Crippen molar-refractivity contribution >= 4 is 32.5 Å². The summed E-state index contributed by atoms with van der Waals surface area (Å²) < 4.78 is 31.6. The molecule has 1 aliphatic heterocycles. The van der Waals surface area contributed by atoms with Gasteiger partial charge in [0, 0.05) is 23.3 Å². The second kappa shape index (κ2) is 7.50. The van der Waals surface area contributed by atoms with Crippen LogP contribution in [0.15, 0.2) is 52.9 Å². The fourth-order valence-electron chi connectivity index (χ4n) is 3.44. The summed E-state index contributed by atoms with van der Waals surface area (Å²) in [5.41, 5.74) is 3.36. The summed E-state index contributed by atoms with van der Waals surface area (Å²) in [6.07, 6.45) is 1.49. The summed E-state index contributed by atoms with van der Waals surface area (Å²) in [6.45, 7) is 4.54. The lowest BCUT2D eigenvalue weighted by molar-refractivity contribution is 0.217. The fraction of sp³-hybridized carbons (Fsp3) is 0.238. The third-order valence-electron chi connectivity index (χ3n) is 4.76. The Balaban J connectivity index is 1.72. The Hall–Kier alpha value is -2.89. The van der Waals surface area contributed by atoms with E-state index in [4.69, 9.17) is 10.00 Å². The number of aromatic nitrogens is 1. The molecule has 0 aliphatic carbocycles. The molecule has 3 aromatic rings. The number of hydrogen-bond acceptors (Lipinski definition) is 7. The number of rotatable bonds is 4. The maximum absolute atomic E-state index is 12.8. The molecule has 1 aromatic heterocycles. The molecular formula is C21H19N3O3S2. The molecule has 0 amide bonds. The molecule has 8 heteroatoms. The number of hydrogen-bond donors (Lipinski definition) is 0. The molecule has 6 nitrogen and oxygen atoms in total. The molecule has 0 saturated heterocycles. The highest BCUT2D eigenvalue weighted by atomic mass is 32.2. The first kappa shape index (κ1) is 19.4. The number of thiazole rings is 1. The highest BCUT2D eigenvalue weighted by molar-refractivity contribution is 7.90. The van der Waals surface area contributed by atoms with Crippen LogP contribution in [0.3, 0.4) is 0 Å². The van der Waals surface area contributed by atoms with Gasteiger partial charge >= 0.3 is 0 Å². The van der Waals surface area contributed by atoms with E-state index in [-0.39, 0.29) is 16.8 Å². The standard InChI is InChI=1S/C21H19N3O3S2/c1-14-9-16(11-22)3-5-18(14)24-12-15(2)27-20-10-17(4-6-19(20)24)29(25,26)13-21-23-7-8-28-21/h3-10,15H,12-13H2,1-2H3/t15-/m0/s1. The van der Waals surface area contributed by atoms with Crippen LogP contribution in [0.25, 0.3) is 0 Å². The van der Waals surface area contributed by atoms with Crippen molar-refractivity contribution in [2.24, 2.45) is 0 Å². The maximum atomic E-state index is 12.8. The van der Waals surface area contributed by atoms with E-state index in [2.05, 4.69) is 16.0 Å². The van der Waals surface area contributed by atoms with Crippen LogP contribution in [0.4, 0.5) is 11.4 Å². The highest BCUT2D eigenvalue weighted by Crippen LogP contribution is 2.41. The molecule has 29 heavy (non-hydrogen) atoms. The Labute approximate surface area is 173 Å². The zero-order valence-electron chi connectivity index (χ0n) is 16.0. The van der Waals surface area contributed by atoms with Crippen LogP contribution in [0, 0.1) is 18.3 Å². The summed E-state index contributed by atoms with van der Waals surface area (Å²) in [6, 6.07) is 12.7. The van der Waals surface area contributed by atoms with Gasteiger partial charge in [-0.15, -0.1) is 11.3 Å². The molecule has 148 valence electrons. The predicted octanol–water partition coefficient (Wildman–Crippen LogP) is 4.22. The first-order chi connectivity index (χ1) is 13.9. The van der Waals surface area contributed by atoms with Gasteiger partial charge in [0.2, 0.25) is 0 Å². The summed E-state index contributed by atoms with van der Waals surface area (Å²) in [7, 11) is -3.52. The number of anilines is 2. The Morgan fingerprint density at radius 2 is 2.07 bits per heavy atom. The van der Waals surface area contributed by atoms with Gasteiger partial charge in [0.15, 0.2) is 9.84 Å². The van der Waals surface area contributed by atoms with Gasteiger partial charge in [-0.1, -0.05) is 0 Å². The van der Waals surface area contributed by atoms with Crippen molar-refractivity contribution in [1.82, 2.24) is 4.98 Å². The van der Waals surface area contributed by atoms with Gasteiger partial charge in [-0.3, -0.25) is 0 Å². The van der Waals surface area contributed by atoms with Crippen LogP contribution < -0.4 is 9.64 Å². The molecule has 0 unspecified atom stereocenters. The van der Waals surface area contributed by atoms with Crippen LogP contribution in [-0.2, 0) is 15.6 Å². The smallest absolute Gasteiger partial charge is 0.185 e. The Bertz CT molecular complexity index is 1200. The lowest BCUT2D eigenvalue weighted by atomic mass is 10.1. The SMILES string of the molecule is Cc1cc(C#N)ccc1N1C[C@H](C)Oc2cc(S(=O)(=O)Cc3nccs3)ccc21. The molecule has 0 saturated carbocycles. The molecule has 1 aliphatic rings. The van der Waals surface area contributed by atoms with Crippen molar-refractivity contribution in [3.8, 4) is 11.8 Å². The van der Waals surface area contributed by atoms with Crippen LogP contribution in [0.2, 0.25) is 0 Å². The second-order valence-electron chi connectivity index (χ2n) is 6.97. The molecule has 0 radical (unpaired) electrons. The van der Waals surface area contributed by atoms with Crippen LogP contribution in [-0.4, -0.2) is 26.1 Å². The van der Waals surface area contributed by atoms with Gasteiger partial charge < -0.3 is 9.64 Å². The lowest BCUT2D eigenvalue weighted by Gasteiger charge is -2.36. The normalized spacial score (nSPS) is 16.0. The molecule has 1 atom stereocenters. The number of ether oxygens (including phenoxy) is 1. The lowest BCUT2D eigenvalue weighted by Crippen LogP contribution is -2.35. The molecule has 2 aromatic carbocycles. The number of nitrogens with zero attached hydrogens (tertiary/aromatic N) is 3. The summed E-state index contributed by atoms with van der Waals surface area (Å²) >= 11 is 1.32. The van der Waals surface area contributed by atoms with Gasteiger partial charge in [0.05, 0.1) is 28.8 Å². The van der Waals surface area contributed by atoms with Crippen LogP contribution >= 0.6 is 11.3 Å². The van der Waals surface area contributed by atoms with Crippen molar-refractivity contribution in [1.29, 1.82) is 5.26 Å². The number of sulfone groups is 1. The third kappa shape index (κ3) is 3.84. The number of aryl methyl sites for hydroxylation is 1. The zero-order valence-corrected chi connectivity index (χ0v) is 17.6. The molecule has 0 N–H and O–H groups in total. The van der Waals surface area contributed by atoms with E-state index in [1.165, 1.54) is 11.3 Å².